The molecule has 0 saturated carbocycles. The van der Waals surface area contributed by atoms with Gasteiger partial charge in [-0.15, -0.1) is 0 Å². The first kappa shape index (κ1) is 26.4. The van der Waals surface area contributed by atoms with Crippen LogP contribution in [0.1, 0.15) is 31.2 Å². The highest BCUT2D eigenvalue weighted by Gasteiger charge is 2.28. The van der Waals surface area contributed by atoms with Gasteiger partial charge in [0.15, 0.2) is 5.96 Å². The van der Waals surface area contributed by atoms with E-state index in [9.17, 15) is 24.3 Å². The number of aliphatic carboxylic acids is 2. The molecule has 3 atom stereocenters. The quantitative estimate of drug-likeness (QED) is 0.0996. The van der Waals surface area contributed by atoms with E-state index in [2.05, 4.69) is 15.6 Å². The molecule has 1 aromatic rings. The molecule has 0 fully saturated rings. The summed E-state index contributed by atoms with van der Waals surface area (Å²) in [6.07, 6.45) is -0.115. The van der Waals surface area contributed by atoms with Crippen LogP contribution in [0, 0.1) is 0 Å². The molecular formula is C20H30N6O6. The van der Waals surface area contributed by atoms with Gasteiger partial charge in [0.25, 0.3) is 0 Å². The second kappa shape index (κ2) is 13.6. The van der Waals surface area contributed by atoms with Gasteiger partial charge in [-0.25, -0.2) is 4.79 Å². The Hall–Kier alpha value is -3.67. The number of aliphatic imine (C=N–C) groups is 1. The van der Waals surface area contributed by atoms with E-state index in [1.807, 2.05) is 6.07 Å². The molecule has 0 aliphatic rings. The van der Waals surface area contributed by atoms with Gasteiger partial charge in [0.2, 0.25) is 11.8 Å². The van der Waals surface area contributed by atoms with Crippen LogP contribution in [0.3, 0.4) is 0 Å². The molecule has 12 heteroatoms. The highest BCUT2D eigenvalue weighted by molar-refractivity contribution is 5.92. The average Bonchev–Trinajstić information content (AvgIpc) is 2.73. The SMILES string of the molecule is NC(N)=NCCCC(NC(=O)C(CCC(=O)O)NC(=O)C(N)Cc1ccccc1)C(=O)O. The van der Waals surface area contributed by atoms with Crippen LogP contribution in [0.4, 0.5) is 0 Å². The van der Waals surface area contributed by atoms with Crippen molar-refractivity contribution in [1.82, 2.24) is 10.6 Å². The third kappa shape index (κ3) is 10.4. The van der Waals surface area contributed by atoms with Crippen LogP contribution in [-0.4, -0.2) is 64.6 Å². The fraction of sp³-hybridized carbons (Fsp3) is 0.450. The maximum Gasteiger partial charge on any atom is 0.326 e. The number of amides is 2. The van der Waals surface area contributed by atoms with Gasteiger partial charge >= 0.3 is 11.9 Å². The third-order valence-corrected chi connectivity index (χ3v) is 4.47. The van der Waals surface area contributed by atoms with Gasteiger partial charge in [-0.2, -0.15) is 0 Å². The molecule has 12 nitrogen and oxygen atoms in total. The Morgan fingerprint density at radius 1 is 0.938 bits per heavy atom. The summed E-state index contributed by atoms with van der Waals surface area (Å²) < 4.78 is 0. The molecule has 176 valence electrons. The summed E-state index contributed by atoms with van der Waals surface area (Å²) in [4.78, 5) is 51.3. The van der Waals surface area contributed by atoms with Crippen LogP contribution in [0.15, 0.2) is 35.3 Å². The molecular weight excluding hydrogens is 420 g/mol. The molecule has 32 heavy (non-hydrogen) atoms. The summed E-state index contributed by atoms with van der Waals surface area (Å²) in [6, 6.07) is 5.48. The molecule has 1 rings (SSSR count). The van der Waals surface area contributed by atoms with Crippen molar-refractivity contribution in [1.29, 1.82) is 0 Å². The van der Waals surface area contributed by atoms with Gasteiger partial charge in [0, 0.05) is 13.0 Å². The van der Waals surface area contributed by atoms with Crippen molar-refractivity contribution in [2.75, 3.05) is 6.54 Å². The molecule has 1 aromatic carbocycles. The molecule has 10 N–H and O–H groups in total. The fourth-order valence-electron chi connectivity index (χ4n) is 2.81. The Morgan fingerprint density at radius 3 is 2.12 bits per heavy atom. The number of nitrogens with one attached hydrogen (secondary N) is 2. The number of carbonyl (C=O) groups excluding carboxylic acids is 2. The molecule has 2 amide bonds. The Morgan fingerprint density at radius 2 is 1.56 bits per heavy atom. The molecule has 0 bridgehead atoms. The van der Waals surface area contributed by atoms with Crippen molar-refractivity contribution in [3.63, 3.8) is 0 Å². The maximum atomic E-state index is 12.6. The molecule has 0 heterocycles. The average molecular weight is 450 g/mol. The van der Waals surface area contributed by atoms with Crippen LogP contribution in [0.2, 0.25) is 0 Å². The number of carboxylic acids is 2. The Kier molecular flexibility index (Phi) is 11.2. The van der Waals surface area contributed by atoms with E-state index in [4.69, 9.17) is 22.3 Å². The first-order chi connectivity index (χ1) is 15.1. The number of carboxylic acid groups (broad SMARTS) is 2. The van der Waals surface area contributed by atoms with Crippen molar-refractivity contribution in [3.05, 3.63) is 35.9 Å². The molecule has 3 unspecified atom stereocenters. The lowest BCUT2D eigenvalue weighted by molar-refractivity contribution is -0.143. The van der Waals surface area contributed by atoms with E-state index in [1.165, 1.54) is 0 Å². The molecule has 0 aliphatic carbocycles. The zero-order valence-electron chi connectivity index (χ0n) is 17.6. The molecule has 0 radical (unpaired) electrons. The standard InChI is InChI=1S/C20H30N6O6/c21-13(11-12-5-2-1-3-6-12)17(29)25-14(8-9-16(27)28)18(30)26-15(19(31)32)7-4-10-24-20(22)23/h1-3,5-6,13-15H,4,7-11,21H2,(H,25,29)(H,26,30)(H,27,28)(H,31,32)(H4,22,23,24). The zero-order chi connectivity index (χ0) is 24.1. The van der Waals surface area contributed by atoms with Gasteiger partial charge in [0.05, 0.1) is 6.04 Å². The number of hydrogen-bond acceptors (Lipinski definition) is 6. The van der Waals surface area contributed by atoms with Crippen molar-refractivity contribution < 1.29 is 29.4 Å². The molecule has 0 saturated heterocycles. The van der Waals surface area contributed by atoms with E-state index in [0.717, 1.165) is 5.56 Å². The van der Waals surface area contributed by atoms with Crippen LogP contribution in [-0.2, 0) is 25.6 Å². The van der Waals surface area contributed by atoms with Gasteiger partial charge in [0.1, 0.15) is 12.1 Å². The summed E-state index contributed by atoms with van der Waals surface area (Å²) in [5.74, 6) is -4.06. The molecule has 0 aliphatic heterocycles. The predicted octanol–water partition coefficient (Wildman–Crippen LogP) is -1.47. The maximum absolute atomic E-state index is 12.6. The molecule has 0 aromatic heterocycles. The largest absolute Gasteiger partial charge is 0.481 e. The number of hydrogen-bond donors (Lipinski definition) is 7. The van der Waals surface area contributed by atoms with Crippen LogP contribution in [0.25, 0.3) is 0 Å². The topological polar surface area (TPSA) is 223 Å². The van der Waals surface area contributed by atoms with Crippen molar-refractivity contribution in [2.24, 2.45) is 22.2 Å². The van der Waals surface area contributed by atoms with Crippen molar-refractivity contribution in [2.45, 2.75) is 50.2 Å². The van der Waals surface area contributed by atoms with E-state index in [1.54, 1.807) is 24.3 Å². The normalized spacial score (nSPS) is 13.3. The Bertz CT molecular complexity index is 812. The number of rotatable bonds is 14. The van der Waals surface area contributed by atoms with Crippen LogP contribution < -0.4 is 27.8 Å². The van der Waals surface area contributed by atoms with Gasteiger partial charge in [-0.1, -0.05) is 30.3 Å². The minimum atomic E-state index is -1.29. The third-order valence-electron chi connectivity index (χ3n) is 4.47. The Labute approximate surface area is 185 Å². The summed E-state index contributed by atoms with van der Waals surface area (Å²) in [5.41, 5.74) is 17.2. The lowest BCUT2D eigenvalue weighted by Gasteiger charge is -2.22. The highest BCUT2D eigenvalue weighted by atomic mass is 16.4. The van der Waals surface area contributed by atoms with Crippen LogP contribution in [0.5, 0.6) is 0 Å². The second-order valence-electron chi connectivity index (χ2n) is 7.14. The fourth-order valence-corrected chi connectivity index (χ4v) is 2.81. The first-order valence-electron chi connectivity index (χ1n) is 10.0. The smallest absolute Gasteiger partial charge is 0.326 e. The number of nitrogens with two attached hydrogens (primary N) is 3. The van der Waals surface area contributed by atoms with Gasteiger partial charge in [-0.3, -0.25) is 19.4 Å². The summed E-state index contributed by atoms with van der Waals surface area (Å²) >= 11 is 0. The first-order valence-corrected chi connectivity index (χ1v) is 10.0. The monoisotopic (exact) mass is 450 g/mol. The number of guanidine groups is 1. The summed E-state index contributed by atoms with van der Waals surface area (Å²) in [6.45, 7) is 0.176. The summed E-state index contributed by atoms with van der Waals surface area (Å²) in [5, 5.41) is 23.1. The lowest BCUT2D eigenvalue weighted by atomic mass is 10.0. The van der Waals surface area contributed by atoms with Crippen LogP contribution >= 0.6 is 0 Å². The lowest BCUT2D eigenvalue weighted by Crippen LogP contribution is -2.54. The van der Waals surface area contributed by atoms with Gasteiger partial charge in [-0.05, 0) is 31.2 Å². The number of benzene rings is 1. The number of carbonyl (C=O) groups is 4. The van der Waals surface area contributed by atoms with Gasteiger partial charge < -0.3 is 38.0 Å². The van der Waals surface area contributed by atoms with Crippen molar-refractivity contribution >= 4 is 29.7 Å². The van der Waals surface area contributed by atoms with E-state index < -0.39 is 48.3 Å². The van der Waals surface area contributed by atoms with E-state index >= 15 is 0 Å². The number of nitrogens with zero attached hydrogens (tertiary/aromatic N) is 1. The minimum Gasteiger partial charge on any atom is -0.481 e. The second-order valence-corrected chi connectivity index (χ2v) is 7.14. The Balaban J connectivity index is 2.78. The van der Waals surface area contributed by atoms with E-state index in [0.29, 0.717) is 0 Å². The zero-order valence-corrected chi connectivity index (χ0v) is 17.6. The summed E-state index contributed by atoms with van der Waals surface area (Å²) in [7, 11) is 0. The van der Waals surface area contributed by atoms with E-state index in [-0.39, 0.29) is 38.2 Å². The highest BCUT2D eigenvalue weighted by Crippen LogP contribution is 2.06. The van der Waals surface area contributed by atoms with Crippen molar-refractivity contribution in [3.8, 4) is 0 Å². The minimum absolute atomic E-state index is 0.0327. The molecule has 0 spiro atoms. The predicted molar refractivity (Wildman–Crippen MR) is 116 cm³/mol.